The maximum atomic E-state index is 11.8. The summed E-state index contributed by atoms with van der Waals surface area (Å²) in [4.78, 5) is 25.9. The number of hydrogen-bond acceptors (Lipinski definition) is 4. The average Bonchev–Trinajstić information content (AvgIpc) is 2.97. The summed E-state index contributed by atoms with van der Waals surface area (Å²) in [7, 11) is 1.59. The van der Waals surface area contributed by atoms with Crippen LogP contribution in [-0.4, -0.2) is 18.8 Å². The normalized spacial score (nSPS) is 18.4. The fourth-order valence-electron chi connectivity index (χ4n) is 2.12. The van der Waals surface area contributed by atoms with Crippen molar-refractivity contribution in [2.75, 3.05) is 12.0 Å². The van der Waals surface area contributed by atoms with Crippen molar-refractivity contribution in [3.63, 3.8) is 0 Å². The molecule has 4 nitrogen and oxygen atoms in total. The van der Waals surface area contributed by atoms with Crippen LogP contribution in [0.1, 0.15) is 10.9 Å². The zero-order valence-electron chi connectivity index (χ0n) is 10.2. The number of rotatable bonds is 3. The number of amides is 1. The highest BCUT2D eigenvalue weighted by Crippen LogP contribution is 2.38. The van der Waals surface area contributed by atoms with Gasteiger partial charge in [-0.25, -0.2) is 0 Å². The second-order valence-corrected chi connectivity index (χ2v) is 5.13. The first kappa shape index (κ1) is 11.9. The van der Waals surface area contributed by atoms with Gasteiger partial charge in [-0.1, -0.05) is 6.07 Å². The van der Waals surface area contributed by atoms with Crippen LogP contribution in [0.25, 0.3) is 0 Å². The summed E-state index contributed by atoms with van der Waals surface area (Å²) in [5, 5.41) is 1.90. The molecule has 1 fully saturated rings. The summed E-state index contributed by atoms with van der Waals surface area (Å²) in [5.41, 5.74) is 0.712. The quantitative estimate of drug-likeness (QED) is 0.637. The van der Waals surface area contributed by atoms with E-state index in [9.17, 15) is 9.59 Å². The largest absolute Gasteiger partial charge is 0.497 e. The Hall–Kier alpha value is -2.14. The van der Waals surface area contributed by atoms with E-state index in [-0.39, 0.29) is 5.78 Å². The molecule has 0 bridgehead atoms. The smallest absolute Gasteiger partial charge is 0.298 e. The van der Waals surface area contributed by atoms with Gasteiger partial charge in [0.05, 0.1) is 7.11 Å². The van der Waals surface area contributed by atoms with Gasteiger partial charge in [0.1, 0.15) is 11.8 Å². The van der Waals surface area contributed by atoms with Crippen molar-refractivity contribution in [3.05, 3.63) is 46.7 Å². The summed E-state index contributed by atoms with van der Waals surface area (Å²) in [6, 6.07) is 10.4. The Labute approximate surface area is 114 Å². The Kier molecular flexibility index (Phi) is 2.83. The van der Waals surface area contributed by atoms with E-state index in [2.05, 4.69) is 0 Å². The van der Waals surface area contributed by atoms with Crippen LogP contribution in [-0.2, 0) is 9.59 Å². The highest BCUT2D eigenvalue weighted by molar-refractivity contribution is 7.10. The van der Waals surface area contributed by atoms with Gasteiger partial charge in [-0.2, -0.15) is 0 Å². The minimum atomic E-state index is -0.471. The van der Waals surface area contributed by atoms with Gasteiger partial charge in [-0.05, 0) is 35.7 Å². The summed E-state index contributed by atoms with van der Waals surface area (Å²) in [6.45, 7) is 0. The SMILES string of the molecule is COc1ccc(N2C(=O)C(=O)C2c2cccs2)cc1. The third-order valence-corrected chi connectivity index (χ3v) is 4.02. The minimum Gasteiger partial charge on any atom is -0.497 e. The molecule has 3 rings (SSSR count). The van der Waals surface area contributed by atoms with Crippen molar-refractivity contribution in [3.8, 4) is 5.75 Å². The summed E-state index contributed by atoms with van der Waals surface area (Å²) >= 11 is 1.48. The molecule has 2 heterocycles. The number of carbonyl (C=O) groups excluding carboxylic acids is 2. The van der Waals surface area contributed by atoms with Gasteiger partial charge in [0, 0.05) is 10.6 Å². The lowest BCUT2D eigenvalue weighted by Gasteiger charge is -2.37. The summed E-state index contributed by atoms with van der Waals surface area (Å²) in [5.74, 6) is -0.0856. The number of anilines is 1. The third kappa shape index (κ3) is 1.82. The Bertz CT molecular complexity index is 619. The molecule has 96 valence electrons. The molecule has 5 heteroatoms. The molecule has 0 radical (unpaired) electrons. The monoisotopic (exact) mass is 273 g/mol. The molecule has 1 aromatic carbocycles. The number of hydrogen-bond donors (Lipinski definition) is 0. The van der Waals surface area contributed by atoms with Crippen LogP contribution in [0.5, 0.6) is 5.75 Å². The van der Waals surface area contributed by atoms with E-state index in [1.807, 2.05) is 17.5 Å². The Balaban J connectivity index is 1.94. The molecule has 2 aromatic rings. The second-order valence-electron chi connectivity index (χ2n) is 4.16. The molecule has 1 atom stereocenters. The van der Waals surface area contributed by atoms with Crippen LogP contribution in [0, 0.1) is 0 Å². The van der Waals surface area contributed by atoms with Crippen LogP contribution >= 0.6 is 11.3 Å². The van der Waals surface area contributed by atoms with E-state index in [1.54, 1.807) is 31.4 Å². The van der Waals surface area contributed by atoms with Gasteiger partial charge in [0.15, 0.2) is 0 Å². The molecule has 0 N–H and O–H groups in total. The fraction of sp³-hybridized carbons (Fsp3) is 0.143. The zero-order valence-corrected chi connectivity index (χ0v) is 11.0. The number of nitrogens with zero attached hydrogens (tertiary/aromatic N) is 1. The summed E-state index contributed by atoms with van der Waals surface area (Å²) < 4.78 is 5.08. The van der Waals surface area contributed by atoms with Gasteiger partial charge in [0.25, 0.3) is 5.91 Å². The minimum absolute atomic E-state index is 0.349. The summed E-state index contributed by atoms with van der Waals surface area (Å²) in [6.07, 6.45) is 0. The lowest BCUT2D eigenvalue weighted by molar-refractivity contribution is -0.143. The van der Waals surface area contributed by atoms with E-state index in [0.29, 0.717) is 5.69 Å². The zero-order chi connectivity index (χ0) is 13.4. The van der Waals surface area contributed by atoms with Crippen LogP contribution in [0.2, 0.25) is 0 Å². The molecule has 1 aromatic heterocycles. The Morgan fingerprint density at radius 2 is 1.89 bits per heavy atom. The number of β-lactam (4-membered cyclic amide) rings is 1. The van der Waals surface area contributed by atoms with Crippen molar-refractivity contribution in [1.82, 2.24) is 0 Å². The highest BCUT2D eigenvalue weighted by atomic mass is 32.1. The molecule has 0 spiro atoms. The Morgan fingerprint density at radius 1 is 1.16 bits per heavy atom. The lowest BCUT2D eigenvalue weighted by atomic mass is 9.97. The predicted octanol–water partition coefficient (Wildman–Crippen LogP) is 2.41. The first-order valence-corrected chi connectivity index (χ1v) is 6.65. The molecular formula is C14H11NO3S. The molecule has 0 aliphatic carbocycles. The van der Waals surface area contributed by atoms with Gasteiger partial charge >= 0.3 is 0 Å². The first-order chi connectivity index (χ1) is 9.22. The maximum Gasteiger partial charge on any atom is 0.298 e. The lowest BCUT2D eigenvalue weighted by Crippen LogP contribution is -2.55. The predicted molar refractivity (Wildman–Crippen MR) is 72.5 cm³/mol. The molecular weight excluding hydrogens is 262 g/mol. The van der Waals surface area contributed by atoms with Crippen molar-refractivity contribution >= 4 is 28.7 Å². The molecule has 1 aliphatic rings. The van der Waals surface area contributed by atoms with E-state index in [1.165, 1.54) is 16.2 Å². The second kappa shape index (κ2) is 4.51. The van der Waals surface area contributed by atoms with E-state index in [0.717, 1.165) is 10.6 Å². The fourth-order valence-corrected chi connectivity index (χ4v) is 2.93. The van der Waals surface area contributed by atoms with Gasteiger partial charge in [0.2, 0.25) is 5.78 Å². The van der Waals surface area contributed by atoms with Crippen LogP contribution in [0.15, 0.2) is 41.8 Å². The van der Waals surface area contributed by atoms with Crippen LogP contribution < -0.4 is 9.64 Å². The van der Waals surface area contributed by atoms with Crippen molar-refractivity contribution in [1.29, 1.82) is 0 Å². The molecule has 19 heavy (non-hydrogen) atoms. The van der Waals surface area contributed by atoms with Gasteiger partial charge in [-0.15, -0.1) is 11.3 Å². The van der Waals surface area contributed by atoms with Gasteiger partial charge < -0.3 is 4.74 Å². The van der Waals surface area contributed by atoms with Crippen LogP contribution in [0.3, 0.4) is 0 Å². The van der Waals surface area contributed by atoms with Crippen molar-refractivity contribution in [2.45, 2.75) is 6.04 Å². The maximum absolute atomic E-state index is 11.8. The van der Waals surface area contributed by atoms with E-state index >= 15 is 0 Å². The van der Waals surface area contributed by atoms with Crippen molar-refractivity contribution in [2.24, 2.45) is 0 Å². The standard InChI is InChI=1S/C14H11NO3S/c1-18-10-6-4-9(5-7-10)15-12(13(16)14(15)17)11-3-2-8-19-11/h2-8,12H,1H3. The molecule has 1 aliphatic heterocycles. The molecule has 1 saturated heterocycles. The number of ether oxygens (including phenoxy) is 1. The topological polar surface area (TPSA) is 46.6 Å². The average molecular weight is 273 g/mol. The van der Waals surface area contributed by atoms with Gasteiger partial charge in [-0.3, -0.25) is 14.5 Å². The van der Waals surface area contributed by atoms with E-state index < -0.39 is 11.9 Å². The molecule has 1 unspecified atom stereocenters. The molecule has 1 amide bonds. The third-order valence-electron chi connectivity index (χ3n) is 3.10. The first-order valence-electron chi connectivity index (χ1n) is 5.77. The number of methoxy groups -OCH3 is 1. The molecule has 0 saturated carbocycles. The van der Waals surface area contributed by atoms with Crippen LogP contribution in [0.4, 0.5) is 5.69 Å². The number of ketones is 1. The number of thiophene rings is 1. The van der Waals surface area contributed by atoms with Crippen molar-refractivity contribution < 1.29 is 14.3 Å². The Morgan fingerprint density at radius 3 is 2.47 bits per heavy atom. The van der Waals surface area contributed by atoms with E-state index in [4.69, 9.17) is 4.74 Å². The number of carbonyl (C=O) groups is 2. The number of benzene rings is 1. The number of Topliss-reactive ketones (excluding diaryl/α,β-unsaturated/α-hetero) is 1. The highest BCUT2D eigenvalue weighted by Gasteiger charge is 2.48.